The number of nitrogens with zero attached hydrogens (tertiary/aromatic N) is 3. The highest BCUT2D eigenvalue weighted by Gasteiger charge is 2.16. The quantitative estimate of drug-likeness (QED) is 0.834. The summed E-state index contributed by atoms with van der Waals surface area (Å²) in [5.74, 6) is 0.161. The Morgan fingerprint density at radius 1 is 1.14 bits per heavy atom. The van der Waals surface area contributed by atoms with Crippen molar-refractivity contribution < 1.29 is 17.9 Å². The Hall–Kier alpha value is -1.97. The van der Waals surface area contributed by atoms with Crippen LogP contribution in [0.1, 0.15) is 5.82 Å². The molecule has 1 aromatic heterocycles. The fourth-order valence-corrected chi connectivity index (χ4v) is 2.80. The normalized spacial score (nSPS) is 11.2. The van der Waals surface area contributed by atoms with Crippen LogP contribution < -0.4 is 14.2 Å². The first-order chi connectivity index (χ1) is 10.4. The molecule has 0 aliphatic rings. The topological polar surface area (TPSA) is 103 Å². The summed E-state index contributed by atoms with van der Waals surface area (Å²) in [6, 6.07) is 5.97. The van der Waals surface area contributed by atoms with Crippen molar-refractivity contribution >= 4 is 21.6 Å². The molecule has 0 unspecified atom stereocenters. The lowest BCUT2D eigenvalue weighted by Gasteiger charge is -2.08. The Morgan fingerprint density at radius 3 is 2.32 bits per heavy atom. The maximum absolute atomic E-state index is 12.2. The Morgan fingerprint density at radius 2 is 1.77 bits per heavy atom. The highest BCUT2D eigenvalue weighted by molar-refractivity contribution is 7.89. The molecule has 0 spiro atoms. The number of nitrogens with one attached hydrogen (secondary N) is 1. The lowest BCUT2D eigenvalue weighted by Crippen LogP contribution is -2.24. The van der Waals surface area contributed by atoms with Crippen LogP contribution in [-0.2, 0) is 16.6 Å². The summed E-state index contributed by atoms with van der Waals surface area (Å²) in [4.78, 5) is 11.7. The summed E-state index contributed by atoms with van der Waals surface area (Å²) >= 11 is 5.79. The number of aromatic nitrogens is 3. The van der Waals surface area contributed by atoms with Gasteiger partial charge < -0.3 is 9.47 Å². The molecule has 2 rings (SSSR count). The molecule has 1 heterocycles. The van der Waals surface area contributed by atoms with Gasteiger partial charge in [-0.3, -0.25) is 0 Å². The van der Waals surface area contributed by atoms with E-state index in [2.05, 4.69) is 19.7 Å². The third kappa shape index (κ3) is 4.03. The largest absolute Gasteiger partial charge is 0.467 e. The Labute approximate surface area is 132 Å². The summed E-state index contributed by atoms with van der Waals surface area (Å²) in [6.07, 6.45) is 0. The van der Waals surface area contributed by atoms with Gasteiger partial charge in [0.25, 0.3) is 0 Å². The number of ether oxygens (including phenoxy) is 2. The van der Waals surface area contributed by atoms with Crippen molar-refractivity contribution in [2.75, 3.05) is 14.2 Å². The predicted molar refractivity (Wildman–Crippen MR) is 78.4 cm³/mol. The molecule has 1 aromatic carbocycles. The van der Waals surface area contributed by atoms with Crippen LogP contribution in [0.3, 0.4) is 0 Å². The molecule has 22 heavy (non-hydrogen) atoms. The summed E-state index contributed by atoms with van der Waals surface area (Å²) < 4.78 is 36.5. The lowest BCUT2D eigenvalue weighted by molar-refractivity contribution is 0.336. The molecule has 0 aliphatic carbocycles. The van der Waals surface area contributed by atoms with Crippen LogP contribution in [0.25, 0.3) is 0 Å². The maximum atomic E-state index is 12.2. The van der Waals surface area contributed by atoms with Crippen LogP contribution in [0, 0.1) is 0 Å². The summed E-state index contributed by atoms with van der Waals surface area (Å²) in [5.41, 5.74) is 0. The van der Waals surface area contributed by atoms with Gasteiger partial charge in [0.1, 0.15) is 0 Å². The SMILES string of the molecule is COc1nc(CNS(=O)(=O)c2cccc(Cl)c2)nc(OC)n1. The smallest absolute Gasteiger partial charge is 0.322 e. The number of methoxy groups -OCH3 is 2. The molecular weight excluding hydrogens is 332 g/mol. The molecule has 0 saturated carbocycles. The van der Waals surface area contributed by atoms with Crippen molar-refractivity contribution in [2.45, 2.75) is 11.4 Å². The van der Waals surface area contributed by atoms with Gasteiger partial charge in [-0.05, 0) is 18.2 Å². The molecule has 0 aliphatic heterocycles. The molecular formula is C12H13ClN4O4S. The van der Waals surface area contributed by atoms with Gasteiger partial charge in [0, 0.05) is 5.02 Å². The van der Waals surface area contributed by atoms with Crippen molar-refractivity contribution in [1.82, 2.24) is 19.7 Å². The molecule has 0 saturated heterocycles. The zero-order chi connectivity index (χ0) is 16.2. The van der Waals surface area contributed by atoms with Crippen molar-refractivity contribution in [3.63, 3.8) is 0 Å². The zero-order valence-electron chi connectivity index (χ0n) is 11.8. The molecule has 0 radical (unpaired) electrons. The number of hydrogen-bond acceptors (Lipinski definition) is 7. The van der Waals surface area contributed by atoms with Crippen LogP contribution in [0.15, 0.2) is 29.2 Å². The van der Waals surface area contributed by atoms with Crippen LogP contribution in [0.5, 0.6) is 12.0 Å². The van der Waals surface area contributed by atoms with Crippen LogP contribution in [0.4, 0.5) is 0 Å². The summed E-state index contributed by atoms with van der Waals surface area (Å²) in [5, 5.41) is 0.325. The van der Waals surface area contributed by atoms with E-state index >= 15 is 0 Å². The molecule has 2 aromatic rings. The van der Waals surface area contributed by atoms with E-state index in [9.17, 15) is 8.42 Å². The Balaban J connectivity index is 2.18. The minimum atomic E-state index is -3.74. The predicted octanol–water partition coefficient (Wildman–Crippen LogP) is 1.02. The monoisotopic (exact) mass is 344 g/mol. The van der Waals surface area contributed by atoms with Crippen LogP contribution in [0.2, 0.25) is 5.02 Å². The number of halogens is 1. The molecule has 118 valence electrons. The van der Waals surface area contributed by atoms with Crippen molar-refractivity contribution in [3.05, 3.63) is 35.1 Å². The van der Waals surface area contributed by atoms with Gasteiger partial charge in [0.05, 0.1) is 25.7 Å². The first-order valence-electron chi connectivity index (χ1n) is 6.03. The molecule has 0 amide bonds. The molecule has 8 nitrogen and oxygen atoms in total. The second-order valence-corrected chi connectivity index (χ2v) is 6.21. The summed E-state index contributed by atoms with van der Waals surface area (Å²) in [6.45, 7) is -0.149. The molecule has 10 heteroatoms. The van der Waals surface area contributed by atoms with Gasteiger partial charge in [0.2, 0.25) is 10.0 Å². The van der Waals surface area contributed by atoms with Gasteiger partial charge in [-0.15, -0.1) is 4.98 Å². The van der Waals surface area contributed by atoms with E-state index in [1.54, 1.807) is 12.1 Å². The molecule has 1 N–H and O–H groups in total. The highest BCUT2D eigenvalue weighted by atomic mass is 35.5. The highest BCUT2D eigenvalue weighted by Crippen LogP contribution is 2.16. The van der Waals surface area contributed by atoms with Gasteiger partial charge in [-0.2, -0.15) is 9.97 Å². The van der Waals surface area contributed by atoms with E-state index in [0.29, 0.717) is 5.02 Å². The Kier molecular flexibility index (Phi) is 5.11. The number of sulfonamides is 1. The van der Waals surface area contributed by atoms with E-state index in [1.807, 2.05) is 0 Å². The average molecular weight is 345 g/mol. The minimum absolute atomic E-state index is 0.0313. The van der Waals surface area contributed by atoms with Crippen molar-refractivity contribution in [3.8, 4) is 12.0 Å². The van der Waals surface area contributed by atoms with Crippen LogP contribution in [-0.4, -0.2) is 37.6 Å². The average Bonchev–Trinajstić information content (AvgIpc) is 2.52. The van der Waals surface area contributed by atoms with E-state index in [0.717, 1.165) is 0 Å². The van der Waals surface area contributed by atoms with Crippen LogP contribution >= 0.6 is 11.6 Å². The number of rotatable bonds is 6. The first-order valence-corrected chi connectivity index (χ1v) is 7.89. The van der Waals surface area contributed by atoms with Gasteiger partial charge in [-0.25, -0.2) is 13.1 Å². The Bertz CT molecular complexity index is 747. The summed E-state index contributed by atoms with van der Waals surface area (Å²) in [7, 11) is -0.969. The number of benzene rings is 1. The molecule has 0 atom stereocenters. The van der Waals surface area contributed by atoms with E-state index < -0.39 is 10.0 Å². The minimum Gasteiger partial charge on any atom is -0.467 e. The van der Waals surface area contributed by atoms with Crippen molar-refractivity contribution in [1.29, 1.82) is 0 Å². The third-order valence-corrected chi connectivity index (χ3v) is 4.17. The van der Waals surface area contributed by atoms with Gasteiger partial charge >= 0.3 is 12.0 Å². The molecule has 0 fully saturated rings. The van der Waals surface area contributed by atoms with E-state index in [-0.39, 0.29) is 29.3 Å². The number of hydrogen-bond donors (Lipinski definition) is 1. The standard InChI is InChI=1S/C12H13ClN4O4S/c1-20-11-15-10(16-12(17-11)21-2)7-14-22(18,19)9-5-3-4-8(13)6-9/h3-6,14H,7H2,1-2H3. The first kappa shape index (κ1) is 16.4. The fraction of sp³-hybridized carbons (Fsp3) is 0.250. The maximum Gasteiger partial charge on any atom is 0.322 e. The zero-order valence-corrected chi connectivity index (χ0v) is 13.3. The fourth-order valence-electron chi connectivity index (χ4n) is 1.52. The van der Waals surface area contributed by atoms with Crippen molar-refractivity contribution in [2.24, 2.45) is 0 Å². The van der Waals surface area contributed by atoms with Gasteiger partial charge in [-0.1, -0.05) is 17.7 Å². The van der Waals surface area contributed by atoms with Gasteiger partial charge in [0.15, 0.2) is 5.82 Å². The lowest BCUT2D eigenvalue weighted by atomic mass is 10.4. The third-order valence-electron chi connectivity index (χ3n) is 2.53. The second-order valence-electron chi connectivity index (χ2n) is 4.01. The van der Waals surface area contributed by atoms with E-state index in [1.165, 1.54) is 26.4 Å². The van der Waals surface area contributed by atoms with E-state index in [4.69, 9.17) is 21.1 Å². The second kappa shape index (κ2) is 6.86. The molecule has 0 bridgehead atoms.